The summed E-state index contributed by atoms with van der Waals surface area (Å²) in [4.78, 5) is 0. The Morgan fingerprint density at radius 2 is 2.05 bits per heavy atom. The second-order valence-electron chi connectivity index (χ2n) is 5.42. The van der Waals surface area contributed by atoms with E-state index in [0.29, 0.717) is 12.6 Å². The van der Waals surface area contributed by atoms with Crippen molar-refractivity contribution in [2.45, 2.75) is 32.4 Å². The summed E-state index contributed by atoms with van der Waals surface area (Å²) in [5.74, 6) is 0.899. The lowest BCUT2D eigenvalue weighted by Crippen LogP contribution is -2.15. The van der Waals surface area contributed by atoms with Crippen LogP contribution in [0.25, 0.3) is 11.1 Å². The van der Waals surface area contributed by atoms with Gasteiger partial charge in [-0.15, -0.1) is 0 Å². The molecule has 0 bridgehead atoms. The van der Waals surface area contributed by atoms with Crippen molar-refractivity contribution in [3.63, 3.8) is 0 Å². The van der Waals surface area contributed by atoms with Gasteiger partial charge in [0.15, 0.2) is 0 Å². The summed E-state index contributed by atoms with van der Waals surface area (Å²) >= 11 is 6.19. The molecule has 0 spiro atoms. The van der Waals surface area contributed by atoms with Gasteiger partial charge >= 0.3 is 0 Å². The van der Waals surface area contributed by atoms with Gasteiger partial charge in [-0.3, -0.25) is 0 Å². The van der Waals surface area contributed by atoms with Crippen LogP contribution in [0.1, 0.15) is 25.3 Å². The molecule has 2 aromatic carbocycles. The van der Waals surface area contributed by atoms with Crippen LogP contribution in [0.5, 0.6) is 5.75 Å². The molecule has 2 nitrogen and oxygen atoms in total. The molecule has 0 aromatic heterocycles. The Kier molecular flexibility index (Phi) is 4.47. The fraction of sp³-hybridized carbons (Fsp3) is 0.333. The average molecular weight is 302 g/mol. The molecule has 1 aliphatic carbocycles. The van der Waals surface area contributed by atoms with Crippen LogP contribution in [0.2, 0.25) is 5.02 Å². The number of nitrogens with one attached hydrogen (secondary N) is 1. The van der Waals surface area contributed by atoms with E-state index in [1.807, 2.05) is 31.2 Å². The van der Waals surface area contributed by atoms with Crippen LogP contribution in [-0.4, -0.2) is 12.6 Å². The number of rotatable bonds is 6. The first-order chi connectivity index (χ1) is 10.3. The van der Waals surface area contributed by atoms with E-state index in [2.05, 4.69) is 23.5 Å². The standard InChI is InChI=1S/C18H20ClNO/c1-2-21-17-5-3-4-13(10-17)18-11-15(19)7-6-14(18)12-20-16-8-9-16/h3-7,10-11,16,20H,2,8-9,12H2,1H3. The predicted molar refractivity (Wildman–Crippen MR) is 87.9 cm³/mol. The highest BCUT2D eigenvalue weighted by molar-refractivity contribution is 6.30. The lowest BCUT2D eigenvalue weighted by molar-refractivity contribution is 0.340. The molecule has 1 fully saturated rings. The molecule has 2 aromatic rings. The van der Waals surface area contributed by atoms with Crippen molar-refractivity contribution in [3.8, 4) is 16.9 Å². The Morgan fingerprint density at radius 1 is 1.19 bits per heavy atom. The van der Waals surface area contributed by atoms with Crippen molar-refractivity contribution < 1.29 is 4.74 Å². The monoisotopic (exact) mass is 301 g/mol. The van der Waals surface area contributed by atoms with Crippen molar-refractivity contribution in [1.29, 1.82) is 0 Å². The predicted octanol–water partition coefficient (Wildman–Crippen LogP) is 4.66. The van der Waals surface area contributed by atoms with Crippen LogP contribution in [0, 0.1) is 0 Å². The summed E-state index contributed by atoms with van der Waals surface area (Å²) < 4.78 is 5.60. The number of halogens is 1. The van der Waals surface area contributed by atoms with E-state index in [1.54, 1.807) is 0 Å². The van der Waals surface area contributed by atoms with E-state index in [-0.39, 0.29) is 0 Å². The lowest BCUT2D eigenvalue weighted by Gasteiger charge is -2.12. The van der Waals surface area contributed by atoms with Crippen LogP contribution in [0.15, 0.2) is 42.5 Å². The molecule has 21 heavy (non-hydrogen) atoms. The molecule has 3 rings (SSSR count). The summed E-state index contributed by atoms with van der Waals surface area (Å²) in [6, 6.07) is 15.0. The molecule has 0 heterocycles. The molecule has 110 valence electrons. The van der Waals surface area contributed by atoms with Crippen molar-refractivity contribution in [1.82, 2.24) is 5.32 Å². The zero-order valence-corrected chi connectivity index (χ0v) is 13.0. The highest BCUT2D eigenvalue weighted by Gasteiger charge is 2.20. The molecule has 3 heteroatoms. The molecule has 0 aliphatic heterocycles. The Balaban J connectivity index is 1.90. The zero-order chi connectivity index (χ0) is 14.7. The Bertz CT molecular complexity index is 622. The van der Waals surface area contributed by atoms with Crippen molar-refractivity contribution >= 4 is 11.6 Å². The minimum atomic E-state index is 0.676. The van der Waals surface area contributed by atoms with Gasteiger partial charge in [0.25, 0.3) is 0 Å². The summed E-state index contributed by atoms with van der Waals surface area (Å²) in [5.41, 5.74) is 3.60. The third-order valence-electron chi connectivity index (χ3n) is 3.69. The maximum atomic E-state index is 6.19. The highest BCUT2D eigenvalue weighted by Crippen LogP contribution is 2.30. The average Bonchev–Trinajstić information content (AvgIpc) is 3.31. The molecule has 1 N–H and O–H groups in total. The Labute approximate surface area is 131 Å². The van der Waals surface area contributed by atoms with Gasteiger partial charge in [-0.05, 0) is 60.7 Å². The highest BCUT2D eigenvalue weighted by atomic mass is 35.5. The SMILES string of the molecule is CCOc1cccc(-c2cc(Cl)ccc2CNC2CC2)c1. The van der Waals surface area contributed by atoms with Gasteiger partial charge < -0.3 is 10.1 Å². The molecular weight excluding hydrogens is 282 g/mol. The van der Waals surface area contributed by atoms with Crippen LogP contribution >= 0.6 is 11.6 Å². The Hall–Kier alpha value is -1.51. The molecule has 0 radical (unpaired) electrons. The van der Waals surface area contributed by atoms with E-state index in [9.17, 15) is 0 Å². The fourth-order valence-electron chi connectivity index (χ4n) is 2.43. The van der Waals surface area contributed by atoms with Crippen molar-refractivity contribution in [2.75, 3.05) is 6.61 Å². The van der Waals surface area contributed by atoms with Gasteiger partial charge in [0.2, 0.25) is 0 Å². The fourth-order valence-corrected chi connectivity index (χ4v) is 2.61. The third kappa shape index (κ3) is 3.78. The molecule has 0 saturated heterocycles. The molecule has 0 atom stereocenters. The summed E-state index contributed by atoms with van der Waals surface area (Å²) in [6.45, 7) is 3.56. The van der Waals surface area contributed by atoms with Crippen LogP contribution in [0.4, 0.5) is 0 Å². The zero-order valence-electron chi connectivity index (χ0n) is 12.2. The molecule has 1 saturated carbocycles. The summed E-state index contributed by atoms with van der Waals surface area (Å²) in [5, 5.41) is 4.33. The minimum absolute atomic E-state index is 0.676. The smallest absolute Gasteiger partial charge is 0.119 e. The first-order valence-corrected chi connectivity index (χ1v) is 7.89. The third-order valence-corrected chi connectivity index (χ3v) is 3.92. The lowest BCUT2D eigenvalue weighted by atomic mass is 9.99. The maximum absolute atomic E-state index is 6.19. The number of hydrogen-bond acceptors (Lipinski definition) is 2. The van der Waals surface area contributed by atoms with E-state index < -0.39 is 0 Å². The van der Waals surface area contributed by atoms with Gasteiger partial charge in [-0.2, -0.15) is 0 Å². The topological polar surface area (TPSA) is 21.3 Å². The largest absolute Gasteiger partial charge is 0.494 e. The molecule has 0 amide bonds. The van der Waals surface area contributed by atoms with Gasteiger partial charge in [-0.25, -0.2) is 0 Å². The van der Waals surface area contributed by atoms with Crippen LogP contribution in [0.3, 0.4) is 0 Å². The van der Waals surface area contributed by atoms with Gasteiger partial charge in [0, 0.05) is 17.6 Å². The normalized spacial score (nSPS) is 14.2. The molecular formula is C18H20ClNO. The second kappa shape index (κ2) is 6.50. The van der Waals surface area contributed by atoms with Gasteiger partial charge in [-0.1, -0.05) is 29.8 Å². The van der Waals surface area contributed by atoms with E-state index in [4.69, 9.17) is 16.3 Å². The number of hydrogen-bond donors (Lipinski definition) is 1. The maximum Gasteiger partial charge on any atom is 0.119 e. The van der Waals surface area contributed by atoms with E-state index >= 15 is 0 Å². The second-order valence-corrected chi connectivity index (χ2v) is 5.85. The van der Waals surface area contributed by atoms with E-state index in [1.165, 1.54) is 24.0 Å². The van der Waals surface area contributed by atoms with Gasteiger partial charge in [0.1, 0.15) is 5.75 Å². The number of ether oxygens (including phenoxy) is 1. The van der Waals surface area contributed by atoms with Gasteiger partial charge in [0.05, 0.1) is 6.61 Å². The van der Waals surface area contributed by atoms with Crippen LogP contribution in [-0.2, 0) is 6.54 Å². The molecule has 1 aliphatic rings. The first-order valence-electron chi connectivity index (χ1n) is 7.51. The quantitative estimate of drug-likeness (QED) is 0.838. The van der Waals surface area contributed by atoms with Crippen molar-refractivity contribution in [3.05, 3.63) is 53.1 Å². The first kappa shape index (κ1) is 14.4. The Morgan fingerprint density at radius 3 is 2.81 bits per heavy atom. The minimum Gasteiger partial charge on any atom is -0.494 e. The summed E-state index contributed by atoms with van der Waals surface area (Å²) in [6.07, 6.45) is 2.59. The van der Waals surface area contributed by atoms with E-state index in [0.717, 1.165) is 22.9 Å². The van der Waals surface area contributed by atoms with Crippen LogP contribution < -0.4 is 10.1 Å². The number of benzene rings is 2. The molecule has 0 unspecified atom stereocenters. The van der Waals surface area contributed by atoms with Crippen molar-refractivity contribution in [2.24, 2.45) is 0 Å². The summed E-state index contributed by atoms with van der Waals surface area (Å²) in [7, 11) is 0.